The first-order valence-corrected chi connectivity index (χ1v) is 6.46. The molecule has 0 bridgehead atoms. The summed E-state index contributed by atoms with van der Waals surface area (Å²) in [6.07, 6.45) is 4.70. The highest BCUT2D eigenvalue weighted by atomic mass is 16.5. The Morgan fingerprint density at radius 3 is 2.56 bits per heavy atom. The Bertz CT molecular complexity index is 482. The first kappa shape index (κ1) is 12.9. The summed E-state index contributed by atoms with van der Waals surface area (Å²) in [4.78, 5) is 0. The van der Waals surface area contributed by atoms with Gasteiger partial charge >= 0.3 is 0 Å². The highest BCUT2D eigenvalue weighted by Crippen LogP contribution is 2.42. The molecular weight excluding hydrogens is 224 g/mol. The Morgan fingerprint density at radius 1 is 1.39 bits per heavy atom. The lowest BCUT2D eigenvalue weighted by Gasteiger charge is -2.29. The molecule has 0 heterocycles. The van der Waals surface area contributed by atoms with E-state index in [-0.39, 0.29) is 5.41 Å². The van der Waals surface area contributed by atoms with Crippen molar-refractivity contribution in [1.82, 2.24) is 0 Å². The van der Waals surface area contributed by atoms with Crippen LogP contribution in [0, 0.1) is 18.3 Å². The van der Waals surface area contributed by atoms with Crippen molar-refractivity contribution >= 4 is 0 Å². The largest absolute Gasteiger partial charge is 0.495 e. The molecule has 0 aliphatic heterocycles. The van der Waals surface area contributed by atoms with E-state index in [1.165, 1.54) is 18.4 Å². The summed E-state index contributed by atoms with van der Waals surface area (Å²) >= 11 is 0. The topological polar surface area (TPSA) is 59.0 Å². The third kappa shape index (κ3) is 1.97. The van der Waals surface area contributed by atoms with Gasteiger partial charge in [-0.15, -0.1) is 0 Å². The molecule has 0 spiro atoms. The molecule has 1 aliphatic rings. The van der Waals surface area contributed by atoms with Crippen LogP contribution in [0.25, 0.3) is 0 Å². The van der Waals surface area contributed by atoms with Gasteiger partial charge in [-0.3, -0.25) is 0 Å². The van der Waals surface area contributed by atoms with Crippen molar-refractivity contribution in [2.45, 2.75) is 38.0 Å². The summed E-state index contributed by atoms with van der Waals surface area (Å²) in [6, 6.07) is 6.33. The van der Waals surface area contributed by atoms with E-state index in [4.69, 9.17) is 10.5 Å². The molecule has 1 aromatic rings. The van der Waals surface area contributed by atoms with Gasteiger partial charge in [-0.25, -0.2) is 0 Å². The van der Waals surface area contributed by atoms with Crippen LogP contribution < -0.4 is 10.5 Å². The van der Waals surface area contributed by atoms with Crippen LogP contribution in [0.15, 0.2) is 12.1 Å². The van der Waals surface area contributed by atoms with E-state index in [1.54, 1.807) is 7.11 Å². The Morgan fingerprint density at radius 2 is 2.06 bits per heavy atom. The van der Waals surface area contributed by atoms with Gasteiger partial charge in [0.1, 0.15) is 11.8 Å². The Hall–Kier alpha value is -1.53. The number of ether oxygens (including phenoxy) is 1. The summed E-state index contributed by atoms with van der Waals surface area (Å²) in [6.45, 7) is 2.64. The van der Waals surface area contributed by atoms with Crippen molar-refractivity contribution in [1.29, 1.82) is 5.26 Å². The molecular formula is C15H20N2O. The molecule has 0 unspecified atom stereocenters. The predicted molar refractivity (Wildman–Crippen MR) is 71.6 cm³/mol. The van der Waals surface area contributed by atoms with Gasteiger partial charge in [-0.2, -0.15) is 5.26 Å². The van der Waals surface area contributed by atoms with Crippen molar-refractivity contribution in [2.75, 3.05) is 13.7 Å². The van der Waals surface area contributed by atoms with Crippen LogP contribution >= 0.6 is 0 Å². The quantitative estimate of drug-likeness (QED) is 0.889. The van der Waals surface area contributed by atoms with Gasteiger partial charge in [-0.05, 0) is 37.0 Å². The number of hydrogen-bond acceptors (Lipinski definition) is 3. The van der Waals surface area contributed by atoms with Crippen molar-refractivity contribution in [3.05, 3.63) is 28.8 Å². The number of aryl methyl sites for hydroxylation is 1. The third-order valence-corrected chi connectivity index (χ3v) is 4.16. The van der Waals surface area contributed by atoms with Crippen molar-refractivity contribution in [3.8, 4) is 11.8 Å². The first-order valence-electron chi connectivity index (χ1n) is 6.46. The van der Waals surface area contributed by atoms with Gasteiger partial charge in [0.15, 0.2) is 0 Å². The van der Waals surface area contributed by atoms with Gasteiger partial charge in [-0.1, -0.05) is 18.9 Å². The molecule has 3 nitrogen and oxygen atoms in total. The van der Waals surface area contributed by atoms with E-state index in [1.807, 2.05) is 13.0 Å². The molecule has 1 fully saturated rings. The van der Waals surface area contributed by atoms with Crippen LogP contribution in [0.3, 0.4) is 0 Å². The van der Waals surface area contributed by atoms with Crippen LogP contribution in [0.2, 0.25) is 0 Å². The Balaban J connectivity index is 2.53. The molecule has 0 saturated heterocycles. The molecule has 2 N–H and O–H groups in total. The minimum Gasteiger partial charge on any atom is -0.495 e. The minimum absolute atomic E-state index is 0.0721. The van der Waals surface area contributed by atoms with Crippen LogP contribution in [-0.2, 0) is 5.41 Å². The van der Waals surface area contributed by atoms with Crippen LogP contribution in [-0.4, -0.2) is 13.7 Å². The SMILES string of the molecule is COc1c(C)cc(C2(CN)CCCC2)cc1C#N. The third-order valence-electron chi connectivity index (χ3n) is 4.16. The number of nitriles is 1. The fraction of sp³-hybridized carbons (Fsp3) is 0.533. The summed E-state index contributed by atoms with van der Waals surface area (Å²) in [5, 5.41) is 9.24. The molecule has 1 saturated carbocycles. The van der Waals surface area contributed by atoms with Crippen molar-refractivity contribution < 1.29 is 4.74 Å². The van der Waals surface area contributed by atoms with Gasteiger partial charge in [0.05, 0.1) is 12.7 Å². The highest BCUT2D eigenvalue weighted by Gasteiger charge is 2.35. The van der Waals surface area contributed by atoms with Crippen molar-refractivity contribution in [3.63, 3.8) is 0 Å². The summed E-state index contributed by atoms with van der Waals surface area (Å²) in [7, 11) is 1.61. The fourth-order valence-corrected chi connectivity index (χ4v) is 3.10. The molecule has 1 aromatic carbocycles. The number of benzene rings is 1. The molecule has 2 rings (SSSR count). The maximum absolute atomic E-state index is 9.24. The van der Waals surface area contributed by atoms with E-state index in [0.29, 0.717) is 17.9 Å². The monoisotopic (exact) mass is 244 g/mol. The maximum atomic E-state index is 9.24. The fourth-order valence-electron chi connectivity index (χ4n) is 3.10. The lowest BCUT2D eigenvalue weighted by molar-refractivity contribution is 0.407. The maximum Gasteiger partial charge on any atom is 0.139 e. The number of nitrogens with zero attached hydrogens (tertiary/aromatic N) is 1. The molecule has 1 aliphatic carbocycles. The second-order valence-electron chi connectivity index (χ2n) is 5.18. The Kier molecular flexibility index (Phi) is 3.58. The van der Waals surface area contributed by atoms with Gasteiger partial charge in [0.25, 0.3) is 0 Å². The van der Waals surface area contributed by atoms with E-state index in [0.717, 1.165) is 18.4 Å². The predicted octanol–water partition coefficient (Wildman–Crippen LogP) is 2.65. The molecule has 96 valence electrons. The Labute approximate surface area is 109 Å². The van der Waals surface area contributed by atoms with Gasteiger partial charge < -0.3 is 10.5 Å². The smallest absolute Gasteiger partial charge is 0.139 e. The molecule has 0 amide bonds. The van der Waals surface area contributed by atoms with Gasteiger partial charge in [0, 0.05) is 12.0 Å². The van der Waals surface area contributed by atoms with Gasteiger partial charge in [0.2, 0.25) is 0 Å². The lowest BCUT2D eigenvalue weighted by Crippen LogP contribution is -2.32. The average Bonchev–Trinajstić information content (AvgIpc) is 2.87. The highest BCUT2D eigenvalue weighted by molar-refractivity contribution is 5.52. The minimum atomic E-state index is 0.0721. The first-order chi connectivity index (χ1) is 8.66. The molecule has 18 heavy (non-hydrogen) atoms. The molecule has 0 radical (unpaired) electrons. The van der Waals surface area contributed by atoms with E-state index in [2.05, 4.69) is 12.1 Å². The second kappa shape index (κ2) is 4.99. The van der Waals surface area contributed by atoms with Crippen LogP contribution in [0.1, 0.15) is 42.4 Å². The number of methoxy groups -OCH3 is 1. The lowest BCUT2D eigenvalue weighted by atomic mass is 9.78. The molecule has 0 aromatic heterocycles. The normalized spacial score (nSPS) is 17.4. The molecule has 3 heteroatoms. The van der Waals surface area contributed by atoms with E-state index >= 15 is 0 Å². The standard InChI is InChI=1S/C15H20N2O/c1-11-7-13(8-12(9-16)14(11)18-2)15(10-17)5-3-4-6-15/h7-8H,3-6,10,17H2,1-2H3. The van der Waals surface area contributed by atoms with Crippen LogP contribution in [0.5, 0.6) is 5.75 Å². The number of rotatable bonds is 3. The molecule has 0 atom stereocenters. The summed E-state index contributed by atoms with van der Waals surface area (Å²) < 4.78 is 5.30. The average molecular weight is 244 g/mol. The van der Waals surface area contributed by atoms with Crippen molar-refractivity contribution in [2.24, 2.45) is 5.73 Å². The van der Waals surface area contributed by atoms with Crippen LogP contribution in [0.4, 0.5) is 0 Å². The zero-order chi connectivity index (χ0) is 13.2. The summed E-state index contributed by atoms with van der Waals surface area (Å²) in [5.41, 5.74) is 8.91. The zero-order valence-corrected chi connectivity index (χ0v) is 11.1. The number of hydrogen-bond donors (Lipinski definition) is 1. The van der Waals surface area contributed by atoms with E-state index in [9.17, 15) is 5.26 Å². The summed E-state index contributed by atoms with van der Waals surface area (Å²) in [5.74, 6) is 0.686. The van der Waals surface area contributed by atoms with E-state index < -0.39 is 0 Å². The zero-order valence-electron chi connectivity index (χ0n) is 11.1. The second-order valence-corrected chi connectivity index (χ2v) is 5.18. The number of nitrogens with two attached hydrogens (primary N) is 1.